The van der Waals surface area contributed by atoms with Crippen molar-refractivity contribution < 1.29 is 9.57 Å². The molecule has 0 aromatic carbocycles. The third-order valence-corrected chi connectivity index (χ3v) is 1.92. The Morgan fingerprint density at radius 1 is 1.64 bits per heavy atom. The summed E-state index contributed by atoms with van der Waals surface area (Å²) in [7, 11) is 3.06. The third kappa shape index (κ3) is 3.16. The minimum Gasteiger partial charge on any atom is -0.762 e. The summed E-state index contributed by atoms with van der Waals surface area (Å²) >= 11 is 0. The van der Waals surface area contributed by atoms with E-state index in [1.807, 2.05) is 0 Å². The minimum absolute atomic E-state index is 0.413. The van der Waals surface area contributed by atoms with E-state index in [0.717, 1.165) is 12.8 Å². The summed E-state index contributed by atoms with van der Waals surface area (Å²) in [5.74, 6) is 0.611. The summed E-state index contributed by atoms with van der Waals surface area (Å²) in [5, 5.41) is 10.8. The van der Waals surface area contributed by atoms with Crippen molar-refractivity contribution in [1.82, 2.24) is 5.23 Å². The van der Waals surface area contributed by atoms with Gasteiger partial charge in [-0.1, -0.05) is 0 Å². The first kappa shape index (κ1) is 8.93. The highest BCUT2D eigenvalue weighted by atomic mass is 16.9. The van der Waals surface area contributed by atoms with Gasteiger partial charge in [0.25, 0.3) is 0 Å². The Morgan fingerprint density at radius 3 is 2.82 bits per heavy atom. The molecule has 0 radical (unpaired) electrons. The molecule has 1 saturated carbocycles. The summed E-state index contributed by atoms with van der Waals surface area (Å²) < 4.78 is 5.08. The molecule has 2 unspecified atom stereocenters. The average Bonchev–Trinajstić information content (AvgIpc) is 2.66. The lowest BCUT2D eigenvalue weighted by Crippen LogP contribution is -2.11. The first-order valence-electron chi connectivity index (χ1n) is 3.80. The van der Waals surface area contributed by atoms with Crippen LogP contribution in [0.25, 0.3) is 0 Å². The van der Waals surface area contributed by atoms with Gasteiger partial charge in [0.05, 0.1) is 12.7 Å². The van der Waals surface area contributed by atoms with E-state index in [1.54, 1.807) is 7.11 Å². The van der Waals surface area contributed by atoms with Crippen molar-refractivity contribution in [3.63, 3.8) is 0 Å². The second-order valence-corrected chi connectivity index (χ2v) is 2.83. The lowest BCUT2D eigenvalue weighted by atomic mass is 10.3. The van der Waals surface area contributed by atoms with Crippen LogP contribution < -0.4 is 0 Å². The van der Waals surface area contributed by atoms with E-state index >= 15 is 0 Å². The molecule has 0 spiro atoms. The van der Waals surface area contributed by atoms with Crippen molar-refractivity contribution in [1.29, 1.82) is 0 Å². The highest BCUT2D eigenvalue weighted by Crippen LogP contribution is 2.35. The Labute approximate surface area is 66.6 Å². The monoisotopic (exact) mass is 160 g/mol. The first-order chi connectivity index (χ1) is 5.24. The second kappa shape index (κ2) is 4.01. The van der Waals surface area contributed by atoms with Crippen molar-refractivity contribution in [2.45, 2.75) is 18.9 Å². The van der Waals surface area contributed by atoms with Gasteiger partial charge in [-0.25, -0.2) is 0 Å². The number of hydrogen-bond acceptors (Lipinski definition) is 4. The predicted octanol–water partition coefficient (Wildman–Crippen LogP) is 0.773. The lowest BCUT2D eigenvalue weighted by Gasteiger charge is -2.20. The van der Waals surface area contributed by atoms with Crippen LogP contribution in [0.3, 0.4) is 0 Å². The van der Waals surface area contributed by atoms with Gasteiger partial charge in [-0.2, -0.15) is 0 Å². The van der Waals surface area contributed by atoms with Crippen LogP contribution in [-0.4, -0.2) is 32.1 Å². The van der Waals surface area contributed by atoms with E-state index in [0.29, 0.717) is 23.9 Å². The molecule has 1 rings (SSSR count). The Balaban J connectivity index is 1.90. The van der Waals surface area contributed by atoms with Gasteiger partial charge >= 0.3 is 0 Å². The Bertz CT molecular complexity index is 118. The molecule has 0 bridgehead atoms. The quantitative estimate of drug-likeness (QED) is 0.557. The average molecular weight is 160 g/mol. The van der Waals surface area contributed by atoms with Crippen molar-refractivity contribution in [2.24, 2.45) is 5.92 Å². The number of methoxy groups -OCH3 is 1. The van der Waals surface area contributed by atoms with Crippen molar-refractivity contribution in [3.05, 3.63) is 5.21 Å². The highest BCUT2D eigenvalue weighted by molar-refractivity contribution is 4.86. The maximum atomic E-state index is 10.3. The molecule has 0 aromatic heterocycles. The molecule has 0 amide bonds. The van der Waals surface area contributed by atoms with Gasteiger partial charge in [0, 0.05) is 7.11 Å². The molecule has 66 valence electrons. The number of hydroxylamine groups is 2. The standard InChI is InChI=1S/C7H14NO3/c1-8(9)11-4-3-6-5-7(6)10-2/h6-7H,3-5H2,1-2H3/q-1. The molecule has 0 aromatic rings. The molecule has 1 aliphatic rings. The van der Waals surface area contributed by atoms with E-state index in [9.17, 15) is 5.21 Å². The SMILES string of the molecule is COC1CC1CCON(C)[O-]. The number of hydrogen-bond donors (Lipinski definition) is 0. The van der Waals surface area contributed by atoms with E-state index < -0.39 is 0 Å². The smallest absolute Gasteiger partial charge is 0.0676 e. The molecular formula is C7H14NO3-. The first-order valence-corrected chi connectivity index (χ1v) is 3.80. The molecule has 0 N–H and O–H groups in total. The molecule has 0 heterocycles. The maximum Gasteiger partial charge on any atom is 0.0676 e. The van der Waals surface area contributed by atoms with Crippen LogP contribution in [0.4, 0.5) is 0 Å². The molecule has 1 fully saturated rings. The third-order valence-electron chi connectivity index (χ3n) is 1.92. The fourth-order valence-electron chi connectivity index (χ4n) is 1.14. The number of nitrogens with zero attached hydrogens (tertiary/aromatic N) is 1. The zero-order valence-electron chi connectivity index (χ0n) is 6.95. The number of rotatable bonds is 5. The molecule has 0 aliphatic heterocycles. The molecule has 2 atom stereocenters. The molecule has 1 aliphatic carbocycles. The van der Waals surface area contributed by atoms with E-state index in [1.165, 1.54) is 7.05 Å². The van der Waals surface area contributed by atoms with Crippen LogP contribution in [0.1, 0.15) is 12.8 Å². The fourth-order valence-corrected chi connectivity index (χ4v) is 1.14. The van der Waals surface area contributed by atoms with Crippen LogP contribution in [-0.2, 0) is 9.57 Å². The van der Waals surface area contributed by atoms with Crippen LogP contribution >= 0.6 is 0 Å². The van der Waals surface area contributed by atoms with Gasteiger partial charge in [0.2, 0.25) is 0 Å². The Kier molecular flexibility index (Phi) is 3.26. The normalized spacial score (nSPS) is 29.5. The van der Waals surface area contributed by atoms with Gasteiger partial charge in [0.15, 0.2) is 0 Å². The highest BCUT2D eigenvalue weighted by Gasteiger charge is 2.36. The van der Waals surface area contributed by atoms with Crippen molar-refractivity contribution in [2.75, 3.05) is 20.8 Å². The van der Waals surface area contributed by atoms with Gasteiger partial charge in [-0.3, -0.25) is 5.23 Å². The second-order valence-electron chi connectivity index (χ2n) is 2.83. The zero-order valence-corrected chi connectivity index (χ0v) is 6.95. The summed E-state index contributed by atoms with van der Waals surface area (Å²) in [6, 6.07) is 0. The summed E-state index contributed by atoms with van der Waals surface area (Å²) in [5.41, 5.74) is 0. The van der Waals surface area contributed by atoms with E-state index in [2.05, 4.69) is 0 Å². The van der Waals surface area contributed by atoms with Gasteiger partial charge in [-0.15, -0.1) is 0 Å². The van der Waals surface area contributed by atoms with Crippen LogP contribution in [0.5, 0.6) is 0 Å². The van der Waals surface area contributed by atoms with E-state index in [-0.39, 0.29) is 0 Å². The molecular weight excluding hydrogens is 146 g/mol. The minimum atomic E-state index is 0.413. The van der Waals surface area contributed by atoms with Gasteiger partial charge in [0.1, 0.15) is 0 Å². The van der Waals surface area contributed by atoms with Gasteiger partial charge < -0.3 is 14.8 Å². The lowest BCUT2D eigenvalue weighted by molar-refractivity contribution is -0.103. The van der Waals surface area contributed by atoms with Gasteiger partial charge in [-0.05, 0) is 25.8 Å². The summed E-state index contributed by atoms with van der Waals surface area (Å²) in [6.45, 7) is 0.504. The molecule has 4 heteroatoms. The van der Waals surface area contributed by atoms with Crippen molar-refractivity contribution in [3.8, 4) is 0 Å². The predicted molar refractivity (Wildman–Crippen MR) is 40.6 cm³/mol. The van der Waals surface area contributed by atoms with Crippen molar-refractivity contribution >= 4 is 0 Å². The molecule has 4 nitrogen and oxygen atoms in total. The Morgan fingerprint density at radius 2 is 2.36 bits per heavy atom. The van der Waals surface area contributed by atoms with E-state index in [4.69, 9.17) is 9.57 Å². The fraction of sp³-hybridized carbons (Fsp3) is 1.00. The van der Waals surface area contributed by atoms with Crippen LogP contribution in [0, 0.1) is 11.1 Å². The van der Waals surface area contributed by atoms with Crippen LogP contribution in [0.2, 0.25) is 0 Å². The summed E-state index contributed by atoms with van der Waals surface area (Å²) in [6.07, 6.45) is 2.45. The zero-order chi connectivity index (χ0) is 8.27. The summed E-state index contributed by atoms with van der Waals surface area (Å²) in [4.78, 5) is 4.71. The maximum absolute atomic E-state index is 10.3. The van der Waals surface area contributed by atoms with Crippen LogP contribution in [0.15, 0.2) is 0 Å². The Hall–Kier alpha value is -0.160. The number of ether oxygens (including phenoxy) is 1. The molecule has 11 heavy (non-hydrogen) atoms. The largest absolute Gasteiger partial charge is 0.762 e. The topological polar surface area (TPSA) is 44.8 Å². The molecule has 0 saturated heterocycles.